The van der Waals surface area contributed by atoms with E-state index in [0.717, 1.165) is 55.2 Å². The van der Waals surface area contributed by atoms with Crippen LogP contribution in [0.3, 0.4) is 0 Å². The van der Waals surface area contributed by atoms with Crippen LogP contribution in [0.1, 0.15) is 0 Å². The predicted octanol–water partition coefficient (Wildman–Crippen LogP) is 12.8. The minimum atomic E-state index is 0. The van der Waals surface area contributed by atoms with Gasteiger partial charge in [0.15, 0.2) is 0 Å². The van der Waals surface area contributed by atoms with Crippen molar-refractivity contribution in [3.8, 4) is 23.1 Å². The number of hydrogen-bond acceptors (Lipinski definition) is 5. The standard InChI is InChI=1S/C46H24N4OS2.Pt/c1-3-11-41-31(9-1)35-23-39-33(25-43(35)52-41)29-17-15-27(21-37(29)49(39)45-13-5-7-19-47-45)51-28-16-18-30-34-26-44-36(32-10-2-4-12-42(32)53-44)24-40(34)50(38(30)22-28)46-14-6-8-20-48-46;/h1-20,23-26H;/q-2;+2. The number of nitrogens with zero attached hydrogens (tertiary/aromatic N) is 4. The van der Waals surface area contributed by atoms with Crippen molar-refractivity contribution in [3.05, 3.63) is 158 Å². The second kappa shape index (κ2) is 12.1. The van der Waals surface area contributed by atoms with Gasteiger partial charge < -0.3 is 13.9 Å². The van der Waals surface area contributed by atoms with Crippen LogP contribution in [0.25, 0.3) is 95.6 Å². The van der Waals surface area contributed by atoms with Gasteiger partial charge in [-0.15, -0.1) is 57.7 Å². The smallest absolute Gasteiger partial charge is 0.509 e. The van der Waals surface area contributed by atoms with E-state index in [1.165, 1.54) is 40.3 Å². The van der Waals surface area contributed by atoms with Gasteiger partial charge in [0, 0.05) is 75.3 Å². The normalized spacial score (nSPS) is 11.9. The van der Waals surface area contributed by atoms with Gasteiger partial charge >= 0.3 is 21.1 Å². The van der Waals surface area contributed by atoms with E-state index < -0.39 is 0 Å². The van der Waals surface area contributed by atoms with E-state index in [4.69, 9.17) is 14.7 Å². The molecule has 0 aliphatic heterocycles. The van der Waals surface area contributed by atoms with E-state index in [2.05, 4.69) is 106 Å². The molecule has 0 bridgehead atoms. The molecule has 0 N–H and O–H groups in total. The Hall–Kier alpha value is -5.85. The van der Waals surface area contributed by atoms with Crippen LogP contribution < -0.4 is 4.74 Å². The van der Waals surface area contributed by atoms with Crippen molar-refractivity contribution < 1.29 is 25.8 Å². The van der Waals surface area contributed by atoms with Crippen LogP contribution >= 0.6 is 22.7 Å². The molecule has 0 aliphatic carbocycles. The topological polar surface area (TPSA) is 44.9 Å². The molecule has 0 atom stereocenters. The van der Waals surface area contributed by atoms with Gasteiger partial charge in [0.2, 0.25) is 0 Å². The fourth-order valence-electron chi connectivity index (χ4n) is 7.96. The van der Waals surface area contributed by atoms with Crippen LogP contribution in [0.15, 0.2) is 146 Å². The Bertz CT molecular complexity index is 3210. The van der Waals surface area contributed by atoms with Crippen molar-refractivity contribution in [3.63, 3.8) is 0 Å². The van der Waals surface area contributed by atoms with Gasteiger partial charge in [-0.05, 0) is 71.4 Å². The number of benzene rings is 6. The summed E-state index contributed by atoms with van der Waals surface area (Å²) >= 11 is 3.66. The molecule has 6 aromatic heterocycles. The maximum atomic E-state index is 6.63. The average molecular weight is 908 g/mol. The van der Waals surface area contributed by atoms with E-state index in [-0.39, 0.29) is 21.1 Å². The van der Waals surface area contributed by atoms with Crippen LogP contribution in [0.4, 0.5) is 0 Å². The molecule has 54 heavy (non-hydrogen) atoms. The fraction of sp³-hybridized carbons (Fsp3) is 0. The van der Waals surface area contributed by atoms with E-state index >= 15 is 0 Å². The predicted molar refractivity (Wildman–Crippen MR) is 221 cm³/mol. The van der Waals surface area contributed by atoms with Gasteiger partial charge in [0.05, 0.1) is 0 Å². The summed E-state index contributed by atoms with van der Waals surface area (Å²) in [5.41, 5.74) is 4.00. The molecule has 12 aromatic rings. The minimum absolute atomic E-state index is 0. The molecule has 0 unspecified atom stereocenters. The van der Waals surface area contributed by atoms with Crippen molar-refractivity contribution >= 4 is 107 Å². The molecular formula is C46H24N4OPtS2. The summed E-state index contributed by atoms with van der Waals surface area (Å²) in [5.74, 6) is 2.88. The summed E-state index contributed by atoms with van der Waals surface area (Å²) in [6.07, 6.45) is 3.67. The first-order valence-corrected chi connectivity index (χ1v) is 19.0. The average Bonchev–Trinajstić information content (AvgIpc) is 3.93. The molecule has 256 valence electrons. The third kappa shape index (κ3) is 4.66. The molecule has 0 amide bonds. The monoisotopic (exact) mass is 907 g/mol. The number of hydrogen-bond donors (Lipinski definition) is 0. The number of aromatic nitrogens is 4. The summed E-state index contributed by atoms with van der Waals surface area (Å²) in [5, 5.41) is 9.53. The Balaban J connectivity index is 0.00000341. The molecule has 0 saturated heterocycles. The largest absolute Gasteiger partial charge is 2.00 e. The van der Waals surface area contributed by atoms with Crippen molar-refractivity contribution in [2.24, 2.45) is 0 Å². The van der Waals surface area contributed by atoms with E-state index in [0.29, 0.717) is 11.5 Å². The molecule has 0 aliphatic rings. The van der Waals surface area contributed by atoms with Crippen LogP contribution in [-0.4, -0.2) is 19.1 Å². The Morgan fingerprint density at radius 3 is 1.35 bits per heavy atom. The third-order valence-corrected chi connectivity index (χ3v) is 12.5. The van der Waals surface area contributed by atoms with Gasteiger partial charge in [-0.2, -0.15) is 12.1 Å². The van der Waals surface area contributed by atoms with Crippen molar-refractivity contribution in [2.45, 2.75) is 0 Å². The Kier molecular flexibility index (Phi) is 7.08. The number of pyridine rings is 2. The molecule has 5 nitrogen and oxygen atoms in total. The summed E-state index contributed by atoms with van der Waals surface area (Å²) in [6, 6.07) is 54.1. The molecule has 8 heteroatoms. The molecule has 6 aromatic carbocycles. The van der Waals surface area contributed by atoms with E-state index in [9.17, 15) is 0 Å². The van der Waals surface area contributed by atoms with Gasteiger partial charge in [-0.25, -0.2) is 9.97 Å². The summed E-state index contributed by atoms with van der Waals surface area (Å²) in [7, 11) is 0. The Morgan fingerprint density at radius 1 is 0.426 bits per heavy atom. The summed E-state index contributed by atoms with van der Waals surface area (Å²) in [6.45, 7) is 0. The van der Waals surface area contributed by atoms with E-state index in [1.807, 2.05) is 83.6 Å². The van der Waals surface area contributed by atoms with Gasteiger partial charge in [0.1, 0.15) is 11.6 Å². The molecule has 0 spiro atoms. The quantitative estimate of drug-likeness (QED) is 0.165. The van der Waals surface area contributed by atoms with Crippen molar-refractivity contribution in [1.29, 1.82) is 0 Å². The molecule has 0 fully saturated rings. The van der Waals surface area contributed by atoms with Crippen molar-refractivity contribution in [1.82, 2.24) is 19.1 Å². The number of fused-ring (bicyclic) bond motifs is 12. The van der Waals surface area contributed by atoms with E-state index in [1.54, 1.807) is 0 Å². The first-order chi connectivity index (χ1) is 26.2. The summed E-state index contributed by atoms with van der Waals surface area (Å²) in [4.78, 5) is 9.56. The fourth-order valence-corrected chi connectivity index (χ4v) is 10.2. The second-order valence-corrected chi connectivity index (χ2v) is 15.4. The minimum Gasteiger partial charge on any atom is -0.509 e. The number of thiophene rings is 2. The molecule has 12 rings (SSSR count). The zero-order valence-electron chi connectivity index (χ0n) is 28.2. The second-order valence-electron chi connectivity index (χ2n) is 13.2. The van der Waals surface area contributed by atoms with Gasteiger partial charge in [-0.1, -0.05) is 59.6 Å². The maximum absolute atomic E-state index is 6.63. The van der Waals surface area contributed by atoms with Gasteiger partial charge in [-0.3, -0.25) is 0 Å². The number of rotatable bonds is 4. The van der Waals surface area contributed by atoms with Crippen LogP contribution in [-0.2, 0) is 21.1 Å². The first kappa shape index (κ1) is 31.7. The molecular weight excluding hydrogens is 884 g/mol. The van der Waals surface area contributed by atoms with Crippen LogP contribution in [0.2, 0.25) is 0 Å². The number of ether oxygens (including phenoxy) is 1. The SMILES string of the molecule is [Pt+2].[c-]1c(Oc2[c-]c3c(cc2)c2cc4sc5ccccc5c4cc2n3-c2ccccn2)ccc2c3cc4sc5ccccc5c4cc3n(-c3ccccn3)c12. The van der Waals surface area contributed by atoms with Crippen LogP contribution in [0, 0.1) is 12.1 Å². The summed E-state index contributed by atoms with van der Waals surface area (Å²) < 4.78 is 16.1. The van der Waals surface area contributed by atoms with Crippen LogP contribution in [0.5, 0.6) is 11.5 Å². The van der Waals surface area contributed by atoms with Crippen molar-refractivity contribution in [2.75, 3.05) is 0 Å². The Morgan fingerprint density at radius 2 is 0.889 bits per heavy atom. The molecule has 0 saturated carbocycles. The zero-order valence-corrected chi connectivity index (χ0v) is 32.1. The molecule has 6 heterocycles. The molecule has 0 radical (unpaired) electrons. The zero-order chi connectivity index (χ0) is 34.6. The third-order valence-electron chi connectivity index (χ3n) is 10.3. The first-order valence-electron chi connectivity index (χ1n) is 17.4. The maximum Gasteiger partial charge on any atom is 2.00 e. The van der Waals surface area contributed by atoms with Gasteiger partial charge in [0.25, 0.3) is 0 Å². The Labute approximate surface area is 330 Å².